The molecule has 1 aliphatic carbocycles. The number of anilines is 1. The molecule has 10 rings (SSSR count). The van der Waals surface area contributed by atoms with E-state index in [1.807, 2.05) is 10.6 Å². The molecular formula is C41H39FN12O11P2S2. The molecule has 3 fully saturated rings. The van der Waals surface area contributed by atoms with Crippen LogP contribution in [-0.2, 0) is 57.4 Å². The number of fused-ring (bicyclic) bond motifs is 6. The molecule has 69 heavy (non-hydrogen) atoms. The number of aromatic nitrogens is 9. The molecule has 5 aromatic heterocycles. The normalized spacial score (nSPS) is 27.3. The number of carbonyl (C=O) groups is 1. The van der Waals surface area contributed by atoms with Crippen molar-refractivity contribution in [2.75, 3.05) is 38.4 Å². The number of alkyl halides is 1. The summed E-state index contributed by atoms with van der Waals surface area (Å²) in [7, 11) is 0. The van der Waals surface area contributed by atoms with E-state index in [1.54, 1.807) is 65.6 Å². The van der Waals surface area contributed by atoms with Crippen LogP contribution >= 0.6 is 13.4 Å². The zero-order valence-electron chi connectivity index (χ0n) is 35.8. The summed E-state index contributed by atoms with van der Waals surface area (Å²) >= 11 is 11.4. The molecule has 2 unspecified atom stereocenters. The molecule has 2 aromatic carbocycles. The molecule has 2 saturated heterocycles. The van der Waals surface area contributed by atoms with Crippen LogP contribution in [0.4, 0.5) is 15.9 Å². The minimum absolute atomic E-state index is 0.0119. The van der Waals surface area contributed by atoms with Crippen LogP contribution in [0.3, 0.4) is 0 Å². The SMILES string of the molecule is N#CCCOP1(=S)OC[C@H]2C[C@@H](n3cnc4c(OCCc5ccc([N+](=O)[O-])cc5)nc5nccn5c43)[C@@H]2COP(O)(=S)OC[C@H]2O[C@@H](n3cnc4c(NC(=O)c5ccccc5)ncnc43)[C@H](F)[C@@H]2O1. The summed E-state index contributed by atoms with van der Waals surface area (Å²) in [6.07, 6.45) is 2.07. The van der Waals surface area contributed by atoms with Gasteiger partial charge in [-0.1, -0.05) is 30.3 Å². The highest BCUT2D eigenvalue weighted by atomic mass is 32.5. The maximum Gasteiger partial charge on any atom is 0.327 e. The molecule has 358 valence electrons. The van der Waals surface area contributed by atoms with Crippen LogP contribution < -0.4 is 10.1 Å². The maximum atomic E-state index is 17.0. The Morgan fingerprint density at radius 1 is 1.00 bits per heavy atom. The summed E-state index contributed by atoms with van der Waals surface area (Å²) in [6.45, 7) is -8.55. The van der Waals surface area contributed by atoms with E-state index in [9.17, 15) is 25.1 Å². The molecule has 2 aliphatic heterocycles. The van der Waals surface area contributed by atoms with Gasteiger partial charge in [0.1, 0.15) is 18.5 Å². The quantitative estimate of drug-likeness (QED) is 0.0621. The van der Waals surface area contributed by atoms with Crippen LogP contribution in [-0.4, -0.2) is 111 Å². The highest BCUT2D eigenvalue weighted by Gasteiger charge is 2.52. The number of halogens is 1. The van der Waals surface area contributed by atoms with Crippen molar-refractivity contribution < 1.29 is 51.1 Å². The van der Waals surface area contributed by atoms with E-state index in [4.69, 9.17) is 60.7 Å². The summed E-state index contributed by atoms with van der Waals surface area (Å²) in [6, 6.07) is 16.4. The van der Waals surface area contributed by atoms with Crippen LogP contribution in [0.1, 0.15) is 41.0 Å². The number of hydrogen-bond donors (Lipinski definition) is 2. The maximum absolute atomic E-state index is 17.0. The van der Waals surface area contributed by atoms with Crippen molar-refractivity contribution >= 4 is 82.6 Å². The van der Waals surface area contributed by atoms with Crippen molar-refractivity contribution in [3.63, 3.8) is 0 Å². The minimum Gasteiger partial charge on any atom is -0.476 e. The van der Waals surface area contributed by atoms with Gasteiger partial charge in [0.2, 0.25) is 11.7 Å². The van der Waals surface area contributed by atoms with Gasteiger partial charge < -0.3 is 42.3 Å². The number of rotatable bonds is 12. The lowest BCUT2D eigenvalue weighted by atomic mass is 9.70. The average Bonchev–Trinajstić information content (AvgIpc) is 4.15. The number of ether oxygens (including phenoxy) is 2. The van der Waals surface area contributed by atoms with Crippen LogP contribution in [0.2, 0.25) is 0 Å². The standard InChI is InChI=1S/C41H39FN12O11P2S2/c42-31-34-30(64-40(31)53-23-47-32-35(45-21-46-36(32)53)49-37(55)25-5-2-1-3-6-25)20-62-66(58,68)61-19-28-26(18-63-67(69,65-34)60-15-4-12-43)17-29(28)52-22-48-33-38(50-41-44-13-14-51(41)39(33)52)59-16-11-24-7-9-27(10-8-24)54(56)57/h1-3,5-10,13-14,21-23,26,28-31,34,40H,4,11,15-20H2,(H,58,68)(H,45,46,49,55)/t26-,28-,29-,30-,31-,34-,40-,66?,67?/m1/s1. The second-order valence-corrected chi connectivity index (χ2v) is 21.9. The Morgan fingerprint density at radius 3 is 2.58 bits per heavy atom. The first-order valence-corrected chi connectivity index (χ1v) is 26.5. The summed E-state index contributed by atoms with van der Waals surface area (Å²) in [5.74, 6) is -0.488. The molecule has 1 saturated carbocycles. The molecule has 28 heteroatoms. The summed E-state index contributed by atoms with van der Waals surface area (Å²) < 4.78 is 64.9. The molecule has 7 aromatic rings. The molecule has 9 atom stereocenters. The minimum atomic E-state index is -4.04. The van der Waals surface area contributed by atoms with E-state index in [0.717, 1.165) is 5.56 Å². The fourth-order valence-corrected chi connectivity index (χ4v) is 11.7. The van der Waals surface area contributed by atoms with E-state index in [0.29, 0.717) is 35.3 Å². The Bertz CT molecular complexity index is 3200. The van der Waals surface area contributed by atoms with Gasteiger partial charge in [0.05, 0.1) is 63.1 Å². The highest BCUT2D eigenvalue weighted by molar-refractivity contribution is 8.07. The van der Waals surface area contributed by atoms with Gasteiger partial charge in [-0.25, -0.2) is 29.3 Å². The fraction of sp³-hybridized carbons (Fsp3) is 0.366. The van der Waals surface area contributed by atoms with E-state index in [1.165, 1.54) is 29.4 Å². The van der Waals surface area contributed by atoms with Crippen LogP contribution in [0.25, 0.3) is 28.1 Å². The van der Waals surface area contributed by atoms with Gasteiger partial charge in [0, 0.05) is 48.5 Å². The lowest BCUT2D eigenvalue weighted by Gasteiger charge is -2.45. The Hall–Kier alpha value is -5.81. The van der Waals surface area contributed by atoms with Crippen molar-refractivity contribution in [3.05, 3.63) is 107 Å². The number of non-ortho nitro benzene ring substituents is 1. The summed E-state index contributed by atoms with van der Waals surface area (Å²) in [4.78, 5) is 61.7. The first kappa shape index (κ1) is 46.9. The Balaban J connectivity index is 0.892. The number of nitro benzene ring substituents is 1. The van der Waals surface area contributed by atoms with E-state index < -0.39 is 61.4 Å². The van der Waals surface area contributed by atoms with Crippen molar-refractivity contribution in [1.82, 2.24) is 43.4 Å². The van der Waals surface area contributed by atoms with Gasteiger partial charge in [-0.3, -0.25) is 28.4 Å². The zero-order valence-corrected chi connectivity index (χ0v) is 39.2. The number of carbonyl (C=O) groups excluding carboxylic acids is 1. The van der Waals surface area contributed by atoms with E-state index in [2.05, 4.69) is 30.2 Å². The summed E-state index contributed by atoms with van der Waals surface area (Å²) in [5, 5.41) is 23.2. The van der Waals surface area contributed by atoms with Crippen LogP contribution in [0.15, 0.2) is 86.0 Å². The van der Waals surface area contributed by atoms with Gasteiger partial charge >= 0.3 is 13.4 Å². The largest absolute Gasteiger partial charge is 0.476 e. The second kappa shape index (κ2) is 19.5. The predicted octanol–water partition coefficient (Wildman–Crippen LogP) is 5.93. The van der Waals surface area contributed by atoms with Crippen LogP contribution in [0.5, 0.6) is 5.88 Å². The molecule has 23 nitrogen and oxygen atoms in total. The fourth-order valence-electron chi connectivity index (χ4n) is 8.46. The molecule has 0 bridgehead atoms. The highest BCUT2D eigenvalue weighted by Crippen LogP contribution is 2.58. The van der Waals surface area contributed by atoms with E-state index >= 15 is 4.39 Å². The monoisotopic (exact) mass is 1020 g/mol. The number of nitriles is 1. The Morgan fingerprint density at radius 2 is 1.78 bits per heavy atom. The molecular weight excluding hydrogens is 982 g/mol. The third-order valence-corrected chi connectivity index (χ3v) is 15.9. The predicted molar refractivity (Wildman–Crippen MR) is 247 cm³/mol. The molecule has 2 N–H and O–H groups in total. The molecule has 7 heterocycles. The average molecular weight is 1020 g/mol. The van der Waals surface area contributed by atoms with Crippen molar-refractivity contribution in [3.8, 4) is 11.9 Å². The molecule has 0 radical (unpaired) electrons. The summed E-state index contributed by atoms with van der Waals surface area (Å²) in [5.41, 5.74) is 2.52. The number of nitrogens with one attached hydrogen (secondary N) is 1. The smallest absolute Gasteiger partial charge is 0.327 e. The van der Waals surface area contributed by atoms with Gasteiger partial charge in [0.25, 0.3) is 11.6 Å². The van der Waals surface area contributed by atoms with Gasteiger partial charge in [0.15, 0.2) is 40.5 Å². The molecule has 0 spiro atoms. The lowest BCUT2D eigenvalue weighted by Crippen LogP contribution is -2.43. The first-order chi connectivity index (χ1) is 33.4. The van der Waals surface area contributed by atoms with Gasteiger partial charge in [-0.05, 0) is 53.6 Å². The molecule has 1 amide bonds. The van der Waals surface area contributed by atoms with Crippen LogP contribution in [0, 0.1) is 33.3 Å². The topological polar surface area (TPSA) is 272 Å². The zero-order chi connectivity index (χ0) is 47.9. The van der Waals surface area contributed by atoms with Crippen molar-refractivity contribution in [2.24, 2.45) is 11.8 Å². The number of nitrogens with zero attached hydrogens (tertiary/aromatic N) is 11. The Kier molecular flexibility index (Phi) is 13.3. The second-order valence-electron chi connectivity index (χ2n) is 16.1. The van der Waals surface area contributed by atoms with Gasteiger partial charge in [-0.15, -0.1) is 0 Å². The number of imidazole rings is 3. The lowest BCUT2D eigenvalue weighted by molar-refractivity contribution is -0.384. The van der Waals surface area contributed by atoms with Gasteiger partial charge in [-0.2, -0.15) is 10.2 Å². The number of amides is 1. The number of hydrogen-bond acceptors (Lipinski definition) is 19. The Labute approximate surface area is 400 Å². The van der Waals surface area contributed by atoms with E-state index in [-0.39, 0.29) is 73.4 Å². The van der Waals surface area contributed by atoms with Crippen molar-refractivity contribution in [1.29, 1.82) is 5.26 Å². The third kappa shape index (κ3) is 9.60. The first-order valence-electron chi connectivity index (χ1n) is 21.3. The number of benzene rings is 2. The van der Waals surface area contributed by atoms with Crippen molar-refractivity contribution in [2.45, 2.75) is 49.9 Å². The number of nitro groups is 1. The third-order valence-electron chi connectivity index (χ3n) is 12.0. The molecule has 3 aliphatic rings.